The molecule has 5 rings (SSSR count). The van der Waals surface area contributed by atoms with Crippen molar-refractivity contribution in [3.63, 3.8) is 0 Å². The molecular weight excluding hydrogens is 665 g/mol. The minimum atomic E-state index is -1.30. The zero-order valence-corrected chi connectivity index (χ0v) is 31.3. The highest BCUT2D eigenvalue weighted by Crippen LogP contribution is 2.65. The Kier molecular flexibility index (Phi) is 11.3. The van der Waals surface area contributed by atoms with Gasteiger partial charge in [0.05, 0.1) is 10.9 Å². The third-order valence-electron chi connectivity index (χ3n) is 11.3. The number of nitrogens with two attached hydrogens (primary N) is 1. The molecule has 5 N–H and O–H groups in total. The molecule has 14 heteroatoms. The fourth-order valence-electron chi connectivity index (χ4n) is 8.12. The second-order valence-electron chi connectivity index (χ2n) is 16.0. The van der Waals surface area contributed by atoms with Crippen LogP contribution in [-0.2, 0) is 36.7 Å². The Hall–Kier alpha value is -2.84. The summed E-state index contributed by atoms with van der Waals surface area (Å²) in [5, 5.41) is 10.9. The smallest absolute Gasteiger partial charge is 0.315 e. The third kappa shape index (κ3) is 7.90. The number of nitrogens with one attached hydrogen (secondary N) is 3. The van der Waals surface area contributed by atoms with Gasteiger partial charge in [-0.3, -0.25) is 19.2 Å². The van der Waals surface area contributed by atoms with Crippen molar-refractivity contribution in [3.05, 3.63) is 16.3 Å². The number of ketones is 1. The summed E-state index contributed by atoms with van der Waals surface area (Å²) < 4.78 is 15.0. The van der Waals surface area contributed by atoms with Crippen LogP contribution in [0.15, 0.2) is 16.3 Å². The van der Waals surface area contributed by atoms with Crippen molar-refractivity contribution in [2.45, 2.75) is 129 Å². The Balaban J connectivity index is 1.34. The van der Waals surface area contributed by atoms with Crippen molar-refractivity contribution in [1.29, 1.82) is 0 Å². The van der Waals surface area contributed by atoms with Gasteiger partial charge in [0.2, 0.25) is 17.6 Å². The van der Waals surface area contributed by atoms with Gasteiger partial charge >= 0.3 is 6.03 Å². The molecule has 1 aromatic rings. The number of carbonyl (C=O) groups is 5. The summed E-state index contributed by atoms with van der Waals surface area (Å²) in [6.07, 6.45) is 6.19. The predicted octanol–water partition coefficient (Wildman–Crippen LogP) is 3.46. The molecular formula is C35H54N6O6S2. The van der Waals surface area contributed by atoms with Crippen molar-refractivity contribution in [2.75, 3.05) is 13.1 Å². The fourth-order valence-corrected chi connectivity index (χ4v) is 10.7. The summed E-state index contributed by atoms with van der Waals surface area (Å²) >= 11 is 1.58. The second-order valence-corrected chi connectivity index (χ2v) is 18.5. The highest BCUT2D eigenvalue weighted by molar-refractivity contribution is 7.83. The van der Waals surface area contributed by atoms with Crippen LogP contribution >= 0.6 is 11.3 Å². The molecule has 5 amide bonds. The van der Waals surface area contributed by atoms with Gasteiger partial charge < -0.3 is 26.6 Å². The van der Waals surface area contributed by atoms with Crippen LogP contribution in [0.4, 0.5) is 4.79 Å². The molecule has 272 valence electrons. The summed E-state index contributed by atoms with van der Waals surface area (Å²) in [6, 6.07) is -1.67. The van der Waals surface area contributed by atoms with E-state index < -0.39 is 52.7 Å². The Morgan fingerprint density at radius 1 is 1.08 bits per heavy atom. The zero-order valence-electron chi connectivity index (χ0n) is 29.7. The van der Waals surface area contributed by atoms with Crippen LogP contribution in [0.3, 0.4) is 0 Å². The molecule has 1 saturated heterocycles. The maximum Gasteiger partial charge on any atom is 0.315 e. The minimum absolute atomic E-state index is 0.0930. The number of primary amides is 1. The van der Waals surface area contributed by atoms with E-state index in [0.717, 1.165) is 48.3 Å². The molecule has 2 saturated carbocycles. The SMILES string of the molecule is CCCCC(NC(=O)[C@@H]1[C@@H]2C(CN1C(=O)[C@@H](NC(=O)N[C@H](CN1Cc3sccc3S1=O)C(C)(C)C)C1CCCCC1)C2(C)C)C(=O)C(N)=O. The van der Waals surface area contributed by atoms with Gasteiger partial charge in [0.25, 0.3) is 5.91 Å². The van der Waals surface area contributed by atoms with E-state index in [0.29, 0.717) is 26.1 Å². The molecule has 3 fully saturated rings. The summed E-state index contributed by atoms with van der Waals surface area (Å²) in [5.74, 6) is -2.80. The monoisotopic (exact) mass is 718 g/mol. The molecule has 7 atom stereocenters. The Bertz CT molecular complexity index is 1470. The summed E-state index contributed by atoms with van der Waals surface area (Å²) in [7, 11) is -1.30. The molecule has 3 heterocycles. The summed E-state index contributed by atoms with van der Waals surface area (Å²) in [4.78, 5) is 70.4. The first-order chi connectivity index (χ1) is 23.1. The molecule has 4 aliphatic rings. The van der Waals surface area contributed by atoms with Crippen molar-refractivity contribution >= 4 is 51.9 Å². The molecule has 12 nitrogen and oxygen atoms in total. The van der Waals surface area contributed by atoms with E-state index in [4.69, 9.17) is 5.73 Å². The highest BCUT2D eigenvalue weighted by atomic mass is 32.2. The van der Waals surface area contributed by atoms with Crippen molar-refractivity contribution in [3.8, 4) is 0 Å². The van der Waals surface area contributed by atoms with Crippen LogP contribution in [0.2, 0.25) is 0 Å². The lowest BCUT2D eigenvalue weighted by Gasteiger charge is -2.38. The number of amides is 5. The molecule has 0 radical (unpaired) electrons. The number of Topliss-reactive ketones (excluding diaryl/α,β-unsaturated/α-hetero) is 1. The highest BCUT2D eigenvalue weighted by Gasteiger charge is 2.69. The van der Waals surface area contributed by atoms with E-state index in [1.807, 2.05) is 43.4 Å². The molecule has 0 aromatic carbocycles. The van der Waals surface area contributed by atoms with Gasteiger partial charge in [0.1, 0.15) is 23.1 Å². The van der Waals surface area contributed by atoms with Crippen LogP contribution in [0, 0.1) is 28.6 Å². The van der Waals surface area contributed by atoms with E-state index in [1.165, 1.54) is 0 Å². The van der Waals surface area contributed by atoms with E-state index in [9.17, 15) is 28.2 Å². The first-order valence-electron chi connectivity index (χ1n) is 17.8. The van der Waals surface area contributed by atoms with E-state index in [-0.39, 0.29) is 47.0 Å². The third-order valence-corrected chi connectivity index (χ3v) is 13.9. The van der Waals surface area contributed by atoms with Crippen LogP contribution in [0.5, 0.6) is 0 Å². The molecule has 2 aliphatic heterocycles. The lowest BCUT2D eigenvalue weighted by Crippen LogP contribution is -2.61. The zero-order chi connectivity index (χ0) is 35.8. The second kappa shape index (κ2) is 14.8. The van der Waals surface area contributed by atoms with E-state index in [2.05, 4.69) is 29.8 Å². The lowest BCUT2D eigenvalue weighted by molar-refractivity contribution is -0.144. The topological polar surface area (TPSA) is 171 Å². The van der Waals surface area contributed by atoms with Crippen LogP contribution in [0.1, 0.15) is 97.8 Å². The van der Waals surface area contributed by atoms with E-state index in [1.54, 1.807) is 16.2 Å². The van der Waals surface area contributed by atoms with Gasteiger partial charge in [0, 0.05) is 30.6 Å². The van der Waals surface area contributed by atoms with Gasteiger partial charge in [0.15, 0.2) is 0 Å². The summed E-state index contributed by atoms with van der Waals surface area (Å²) in [5.41, 5.74) is 4.78. The van der Waals surface area contributed by atoms with Gasteiger partial charge in [-0.05, 0) is 59.3 Å². The number of hydrogen-bond acceptors (Lipinski definition) is 7. The number of nitrogens with zero attached hydrogens (tertiary/aromatic N) is 2. The molecule has 49 heavy (non-hydrogen) atoms. The number of rotatable bonds is 13. The molecule has 0 spiro atoms. The Labute approximate surface area is 296 Å². The van der Waals surface area contributed by atoms with Crippen LogP contribution in [-0.4, -0.2) is 80.2 Å². The standard InChI is InChI=1S/C35H54N6O6S2/c1-7-8-14-22(29(42)30(36)43)37-31(44)28-26-21(35(26,5)6)17-41(28)32(45)27(20-12-10-9-11-13-20)39-33(46)38-25(34(2,3)4)19-40-18-23-24(49(40)47)15-16-48-23/h15-16,20-22,25-28H,7-14,17-19H2,1-6H3,(H2,36,43)(H,37,44)(H2,38,39,46)/t21?,22?,25-,26+,27+,28+,49?/m1/s1. The van der Waals surface area contributed by atoms with Gasteiger partial charge in [-0.15, -0.1) is 11.3 Å². The number of hydrogen-bond donors (Lipinski definition) is 4. The molecule has 0 bridgehead atoms. The van der Waals surface area contributed by atoms with Crippen molar-refractivity contribution in [2.24, 2.45) is 34.3 Å². The average Bonchev–Trinajstić information content (AvgIpc) is 3.52. The maximum absolute atomic E-state index is 14.6. The van der Waals surface area contributed by atoms with Crippen molar-refractivity contribution < 1.29 is 28.2 Å². The van der Waals surface area contributed by atoms with Crippen LogP contribution in [0.25, 0.3) is 0 Å². The normalized spacial score (nSPS) is 26.6. The molecule has 1 aromatic heterocycles. The molecule has 3 unspecified atom stereocenters. The Morgan fingerprint density at radius 3 is 2.39 bits per heavy atom. The number of carbonyl (C=O) groups excluding carboxylic acids is 5. The predicted molar refractivity (Wildman–Crippen MR) is 188 cm³/mol. The lowest BCUT2D eigenvalue weighted by atomic mass is 9.83. The number of thiophene rings is 1. The van der Waals surface area contributed by atoms with E-state index >= 15 is 0 Å². The number of urea groups is 1. The van der Waals surface area contributed by atoms with Crippen molar-refractivity contribution in [1.82, 2.24) is 25.2 Å². The molecule has 2 aliphatic carbocycles. The quantitative estimate of drug-likeness (QED) is 0.228. The number of fused-ring (bicyclic) bond motifs is 2. The van der Waals surface area contributed by atoms with Gasteiger partial charge in [-0.25, -0.2) is 13.3 Å². The number of piperidine rings is 1. The number of likely N-dealkylation sites (tertiary alicyclic amines) is 1. The first-order valence-corrected chi connectivity index (χ1v) is 19.8. The minimum Gasteiger partial charge on any atom is -0.363 e. The van der Waals surface area contributed by atoms with Gasteiger partial charge in [-0.1, -0.05) is 73.6 Å². The van der Waals surface area contributed by atoms with Gasteiger partial charge in [-0.2, -0.15) is 0 Å². The number of unbranched alkanes of at least 4 members (excludes halogenated alkanes) is 1. The average molecular weight is 719 g/mol. The maximum atomic E-state index is 14.6. The van der Waals surface area contributed by atoms with Crippen LogP contribution < -0.4 is 21.7 Å². The first kappa shape index (κ1) is 37.4. The fraction of sp³-hybridized carbons (Fsp3) is 0.743. The Morgan fingerprint density at radius 2 is 1.78 bits per heavy atom. The largest absolute Gasteiger partial charge is 0.363 e. The summed E-state index contributed by atoms with van der Waals surface area (Å²) in [6.45, 7) is 13.5.